The lowest BCUT2D eigenvalue weighted by Gasteiger charge is -1.80. The fourth-order valence-electron chi connectivity index (χ4n) is 0.829. The van der Waals surface area contributed by atoms with E-state index in [0.717, 1.165) is 0 Å². The van der Waals surface area contributed by atoms with Crippen LogP contribution in [0.2, 0.25) is 0 Å². The Morgan fingerprint density at radius 1 is 0.500 bits per heavy atom. The van der Waals surface area contributed by atoms with E-state index in [2.05, 4.69) is 95.1 Å². The van der Waals surface area contributed by atoms with Crippen LogP contribution in [0.15, 0.2) is 60.7 Å². The topological polar surface area (TPSA) is 0 Å². The molecule has 0 bridgehead atoms. The average molecular weight is 460 g/mol. The first-order valence-corrected chi connectivity index (χ1v) is 7.02. The molecule has 0 nitrogen and oxygen atoms in total. The second-order valence-electron chi connectivity index (χ2n) is 2.59. The molecule has 0 amide bonds. The molecule has 0 aliphatic heterocycles. The van der Waals surface area contributed by atoms with Gasteiger partial charge in [-0.2, -0.15) is 0 Å². The van der Waals surface area contributed by atoms with E-state index in [-0.39, 0.29) is 0 Å². The van der Waals surface area contributed by atoms with E-state index in [1.54, 1.807) is 0 Å². The number of hydrogen-bond acceptors (Lipinski definition) is 0. The Morgan fingerprint density at radius 2 is 0.722 bits per heavy atom. The summed E-state index contributed by atoms with van der Waals surface area (Å²) < 4.78 is 2.58. The molecular weight excluding hydrogens is 446 g/mol. The Kier molecular flexibility index (Phi) is 17.2. The van der Waals surface area contributed by atoms with Gasteiger partial charge in [-0.3, -0.25) is 0 Å². The first kappa shape index (κ1) is 19.4. The zero-order chi connectivity index (χ0) is 14.2. The standard InChI is InChI=1S/2C6H5I.2C2H2/c2*7-6-4-2-1-3-5-6;2*1-2/h2*1-5H;2*1-2H. The van der Waals surface area contributed by atoms with Gasteiger partial charge in [0, 0.05) is 7.14 Å². The van der Waals surface area contributed by atoms with E-state index in [9.17, 15) is 0 Å². The molecule has 2 heteroatoms. The summed E-state index contributed by atoms with van der Waals surface area (Å²) in [7, 11) is 0. The molecule has 0 radical (unpaired) electrons. The first-order valence-electron chi connectivity index (χ1n) is 4.87. The SMILES string of the molecule is C#C.C#C.Ic1ccccc1.Ic1ccccc1. The third-order valence-electron chi connectivity index (χ3n) is 1.47. The summed E-state index contributed by atoms with van der Waals surface area (Å²) in [4.78, 5) is 0. The van der Waals surface area contributed by atoms with E-state index in [0.29, 0.717) is 0 Å². The van der Waals surface area contributed by atoms with Gasteiger partial charge in [-0.05, 0) is 69.4 Å². The van der Waals surface area contributed by atoms with Crippen LogP contribution < -0.4 is 0 Å². The van der Waals surface area contributed by atoms with Gasteiger partial charge in [0.1, 0.15) is 0 Å². The maximum atomic E-state index is 4.00. The molecule has 0 atom stereocenters. The third kappa shape index (κ3) is 13.1. The smallest absolute Gasteiger partial charge is 0.0130 e. The van der Waals surface area contributed by atoms with Crippen molar-refractivity contribution in [3.05, 3.63) is 67.8 Å². The van der Waals surface area contributed by atoms with Gasteiger partial charge in [-0.25, -0.2) is 0 Å². The number of benzene rings is 2. The van der Waals surface area contributed by atoms with Crippen LogP contribution in [0.4, 0.5) is 0 Å². The van der Waals surface area contributed by atoms with Crippen molar-refractivity contribution in [1.82, 2.24) is 0 Å². The van der Waals surface area contributed by atoms with Crippen LogP contribution in [0.1, 0.15) is 0 Å². The highest BCUT2D eigenvalue weighted by Crippen LogP contribution is 2.00. The second-order valence-corrected chi connectivity index (χ2v) is 5.08. The minimum Gasteiger partial charge on any atom is -0.124 e. The Labute approximate surface area is 137 Å². The van der Waals surface area contributed by atoms with Crippen LogP contribution in [-0.2, 0) is 0 Å². The van der Waals surface area contributed by atoms with E-state index in [1.165, 1.54) is 7.14 Å². The number of hydrogen-bond donors (Lipinski definition) is 0. The molecule has 92 valence electrons. The van der Waals surface area contributed by atoms with E-state index < -0.39 is 0 Å². The predicted octanol–water partition coefficient (Wildman–Crippen LogP) is 5.08. The summed E-state index contributed by atoms with van der Waals surface area (Å²) in [5.74, 6) is 0. The Bertz CT molecular complexity index is 372. The molecule has 0 spiro atoms. The van der Waals surface area contributed by atoms with Crippen molar-refractivity contribution in [3.8, 4) is 25.7 Å². The molecule has 2 aromatic carbocycles. The van der Waals surface area contributed by atoms with Gasteiger partial charge in [0.2, 0.25) is 0 Å². The molecule has 0 N–H and O–H groups in total. The molecule has 0 aliphatic rings. The molecule has 2 aromatic rings. The maximum Gasteiger partial charge on any atom is 0.0130 e. The normalized spacial score (nSPS) is 7.00. The minimum atomic E-state index is 1.29. The van der Waals surface area contributed by atoms with Crippen molar-refractivity contribution < 1.29 is 0 Å². The second kappa shape index (κ2) is 16.0. The molecule has 0 saturated carbocycles. The van der Waals surface area contributed by atoms with Gasteiger partial charge in [0.15, 0.2) is 0 Å². The van der Waals surface area contributed by atoms with Crippen LogP contribution in [0.25, 0.3) is 0 Å². The summed E-state index contributed by atoms with van der Waals surface area (Å²) >= 11 is 4.56. The van der Waals surface area contributed by atoms with Crippen LogP contribution in [0.5, 0.6) is 0 Å². The maximum absolute atomic E-state index is 4.00. The van der Waals surface area contributed by atoms with Crippen molar-refractivity contribution in [2.45, 2.75) is 0 Å². The summed E-state index contributed by atoms with van der Waals surface area (Å²) in [6.07, 6.45) is 16.0. The van der Waals surface area contributed by atoms with Gasteiger partial charge < -0.3 is 0 Å². The van der Waals surface area contributed by atoms with Gasteiger partial charge in [0.25, 0.3) is 0 Å². The van der Waals surface area contributed by atoms with Gasteiger partial charge in [-0.1, -0.05) is 36.4 Å². The van der Waals surface area contributed by atoms with Crippen LogP contribution in [-0.4, -0.2) is 0 Å². The zero-order valence-electron chi connectivity index (χ0n) is 9.84. The van der Waals surface area contributed by atoms with Gasteiger partial charge in [0.05, 0.1) is 0 Å². The fourth-order valence-corrected chi connectivity index (χ4v) is 1.66. The number of terminal acetylenes is 2. The van der Waals surface area contributed by atoms with Crippen molar-refractivity contribution >= 4 is 45.2 Å². The molecule has 0 saturated heterocycles. The highest BCUT2D eigenvalue weighted by Gasteiger charge is 1.74. The fraction of sp³-hybridized carbons (Fsp3) is 0. The highest BCUT2D eigenvalue weighted by molar-refractivity contribution is 14.1. The average Bonchev–Trinajstić information content (AvgIpc) is 2.46. The largest absolute Gasteiger partial charge is 0.124 e. The monoisotopic (exact) mass is 460 g/mol. The summed E-state index contributed by atoms with van der Waals surface area (Å²) in [6.45, 7) is 0. The highest BCUT2D eigenvalue weighted by atomic mass is 127. The lowest BCUT2D eigenvalue weighted by Crippen LogP contribution is -1.61. The molecular formula is C16H14I2. The van der Waals surface area contributed by atoms with Gasteiger partial charge >= 0.3 is 0 Å². The molecule has 18 heavy (non-hydrogen) atoms. The summed E-state index contributed by atoms with van der Waals surface area (Å²) in [6, 6.07) is 20.4. The zero-order valence-corrected chi connectivity index (χ0v) is 14.2. The molecule has 0 heterocycles. The quantitative estimate of drug-likeness (QED) is 0.380. The van der Waals surface area contributed by atoms with Crippen molar-refractivity contribution in [2.24, 2.45) is 0 Å². The van der Waals surface area contributed by atoms with Crippen LogP contribution in [0.3, 0.4) is 0 Å². The third-order valence-corrected chi connectivity index (χ3v) is 2.90. The predicted molar refractivity (Wildman–Crippen MR) is 98.1 cm³/mol. The van der Waals surface area contributed by atoms with Crippen molar-refractivity contribution in [1.29, 1.82) is 0 Å². The lowest BCUT2D eigenvalue weighted by atomic mass is 10.4. The lowest BCUT2D eigenvalue weighted by molar-refractivity contribution is 1.65. The number of halogens is 2. The van der Waals surface area contributed by atoms with Crippen molar-refractivity contribution in [3.63, 3.8) is 0 Å². The van der Waals surface area contributed by atoms with Crippen LogP contribution in [0, 0.1) is 32.8 Å². The van der Waals surface area contributed by atoms with E-state index >= 15 is 0 Å². The van der Waals surface area contributed by atoms with Crippen LogP contribution >= 0.6 is 45.2 Å². The summed E-state index contributed by atoms with van der Waals surface area (Å²) in [5.41, 5.74) is 0. The molecule has 2 rings (SSSR count). The van der Waals surface area contributed by atoms with E-state index in [4.69, 9.17) is 0 Å². The Hall–Kier alpha value is -0.980. The summed E-state index contributed by atoms with van der Waals surface area (Å²) in [5, 5.41) is 0. The molecule has 0 unspecified atom stereocenters. The molecule has 0 aromatic heterocycles. The van der Waals surface area contributed by atoms with E-state index in [1.807, 2.05) is 36.4 Å². The Balaban J connectivity index is 0. The Morgan fingerprint density at radius 3 is 0.833 bits per heavy atom. The number of rotatable bonds is 0. The first-order chi connectivity index (χ1) is 8.79. The minimum absolute atomic E-state index is 1.29. The molecule has 0 fully saturated rings. The molecule has 0 aliphatic carbocycles. The van der Waals surface area contributed by atoms with Gasteiger partial charge in [-0.15, -0.1) is 25.7 Å². The van der Waals surface area contributed by atoms with Crippen molar-refractivity contribution in [2.75, 3.05) is 0 Å².